The molecule has 0 spiro atoms. The van der Waals surface area contributed by atoms with Crippen LogP contribution in [0.25, 0.3) is 0 Å². The van der Waals surface area contributed by atoms with Gasteiger partial charge in [0.2, 0.25) is 0 Å². The van der Waals surface area contributed by atoms with Gasteiger partial charge in [-0.15, -0.1) is 0 Å². The van der Waals surface area contributed by atoms with Gasteiger partial charge in [0.1, 0.15) is 0 Å². The van der Waals surface area contributed by atoms with Crippen LogP contribution in [0.5, 0.6) is 11.5 Å². The summed E-state index contributed by atoms with van der Waals surface area (Å²) in [4.78, 5) is 0. The fourth-order valence-electron chi connectivity index (χ4n) is 2.27. The number of ether oxygens (including phenoxy) is 2. The summed E-state index contributed by atoms with van der Waals surface area (Å²) < 4.78 is 10.8. The molecule has 1 aliphatic rings. The third-order valence-electron chi connectivity index (χ3n) is 3.66. The first-order valence-corrected chi connectivity index (χ1v) is 7.25. The fourth-order valence-corrected chi connectivity index (χ4v) is 2.27. The molecule has 19 heavy (non-hydrogen) atoms. The maximum Gasteiger partial charge on any atom is 0.161 e. The monoisotopic (exact) mass is 263 g/mol. The SMILES string of the molecule is CCCCc1cc(OC)c(OC)cc1CNC1CC1. The Morgan fingerprint density at radius 1 is 1.11 bits per heavy atom. The third kappa shape index (κ3) is 3.87. The van der Waals surface area contributed by atoms with Gasteiger partial charge in [-0.3, -0.25) is 0 Å². The van der Waals surface area contributed by atoms with Gasteiger partial charge in [-0.2, -0.15) is 0 Å². The molecule has 0 heterocycles. The molecule has 0 unspecified atom stereocenters. The third-order valence-corrected chi connectivity index (χ3v) is 3.66. The molecule has 1 saturated carbocycles. The second-order valence-electron chi connectivity index (χ2n) is 5.23. The van der Waals surface area contributed by atoms with E-state index in [-0.39, 0.29) is 0 Å². The molecule has 1 fully saturated rings. The number of benzene rings is 1. The number of aryl methyl sites for hydroxylation is 1. The van der Waals surface area contributed by atoms with Crippen LogP contribution in [0.2, 0.25) is 0 Å². The Bertz CT molecular complexity index is 413. The molecule has 0 aromatic heterocycles. The Morgan fingerprint density at radius 3 is 2.26 bits per heavy atom. The maximum atomic E-state index is 5.41. The maximum absolute atomic E-state index is 5.41. The molecule has 3 nitrogen and oxygen atoms in total. The minimum atomic E-state index is 0.729. The predicted molar refractivity (Wildman–Crippen MR) is 78.0 cm³/mol. The van der Waals surface area contributed by atoms with Crippen molar-refractivity contribution < 1.29 is 9.47 Å². The van der Waals surface area contributed by atoms with E-state index in [1.165, 1.54) is 36.8 Å². The van der Waals surface area contributed by atoms with Crippen LogP contribution < -0.4 is 14.8 Å². The van der Waals surface area contributed by atoms with Crippen molar-refractivity contribution in [1.82, 2.24) is 5.32 Å². The highest BCUT2D eigenvalue weighted by atomic mass is 16.5. The fraction of sp³-hybridized carbons (Fsp3) is 0.625. The van der Waals surface area contributed by atoms with Gasteiger partial charge in [0.05, 0.1) is 14.2 Å². The van der Waals surface area contributed by atoms with E-state index < -0.39 is 0 Å². The van der Waals surface area contributed by atoms with E-state index in [9.17, 15) is 0 Å². The lowest BCUT2D eigenvalue weighted by molar-refractivity contribution is 0.354. The molecule has 1 aliphatic carbocycles. The van der Waals surface area contributed by atoms with Crippen LogP contribution in [-0.2, 0) is 13.0 Å². The Morgan fingerprint density at radius 2 is 1.74 bits per heavy atom. The first-order valence-electron chi connectivity index (χ1n) is 7.25. The van der Waals surface area contributed by atoms with Gasteiger partial charge in [-0.1, -0.05) is 13.3 Å². The number of hydrogen-bond donors (Lipinski definition) is 1. The lowest BCUT2D eigenvalue weighted by Crippen LogP contribution is -2.16. The minimum absolute atomic E-state index is 0.729. The number of rotatable bonds is 8. The molecular formula is C16H25NO2. The zero-order chi connectivity index (χ0) is 13.7. The van der Waals surface area contributed by atoms with Crippen molar-refractivity contribution in [3.8, 4) is 11.5 Å². The number of methoxy groups -OCH3 is 2. The van der Waals surface area contributed by atoms with E-state index in [0.29, 0.717) is 0 Å². The molecule has 0 radical (unpaired) electrons. The predicted octanol–water partition coefficient (Wildman–Crippen LogP) is 3.30. The van der Waals surface area contributed by atoms with Gasteiger partial charge in [0, 0.05) is 12.6 Å². The zero-order valence-corrected chi connectivity index (χ0v) is 12.3. The van der Waals surface area contributed by atoms with Crippen molar-refractivity contribution in [2.24, 2.45) is 0 Å². The highest BCUT2D eigenvalue weighted by Crippen LogP contribution is 2.32. The topological polar surface area (TPSA) is 30.5 Å². The van der Waals surface area contributed by atoms with E-state index in [2.05, 4.69) is 24.4 Å². The lowest BCUT2D eigenvalue weighted by Gasteiger charge is -2.15. The van der Waals surface area contributed by atoms with Crippen LogP contribution in [0, 0.1) is 0 Å². The number of hydrogen-bond acceptors (Lipinski definition) is 3. The summed E-state index contributed by atoms with van der Waals surface area (Å²) in [7, 11) is 3.39. The van der Waals surface area contributed by atoms with E-state index >= 15 is 0 Å². The lowest BCUT2D eigenvalue weighted by atomic mass is 10.0. The zero-order valence-electron chi connectivity index (χ0n) is 12.3. The molecule has 1 aromatic carbocycles. The van der Waals surface area contributed by atoms with Crippen LogP contribution in [0.1, 0.15) is 43.7 Å². The minimum Gasteiger partial charge on any atom is -0.493 e. The summed E-state index contributed by atoms with van der Waals surface area (Å²) in [5, 5.41) is 3.58. The summed E-state index contributed by atoms with van der Waals surface area (Å²) >= 11 is 0. The largest absolute Gasteiger partial charge is 0.493 e. The van der Waals surface area contributed by atoms with Crippen LogP contribution in [0.15, 0.2) is 12.1 Å². The standard InChI is InChI=1S/C16H25NO2/c1-4-5-6-12-9-15(18-2)16(19-3)10-13(12)11-17-14-7-8-14/h9-10,14,17H,4-8,11H2,1-3H3. The van der Waals surface area contributed by atoms with Gasteiger partial charge >= 0.3 is 0 Å². The molecule has 0 aliphatic heterocycles. The molecule has 3 heteroatoms. The molecule has 106 valence electrons. The molecular weight excluding hydrogens is 238 g/mol. The summed E-state index contributed by atoms with van der Waals surface area (Å²) in [6, 6.07) is 4.99. The van der Waals surface area contributed by atoms with E-state index in [1.54, 1.807) is 14.2 Å². The highest BCUT2D eigenvalue weighted by Gasteiger charge is 2.21. The van der Waals surface area contributed by atoms with E-state index in [0.717, 1.165) is 30.5 Å². The smallest absolute Gasteiger partial charge is 0.161 e. The first kappa shape index (κ1) is 14.2. The molecule has 0 bridgehead atoms. The molecule has 1 N–H and O–H groups in total. The van der Waals surface area contributed by atoms with Crippen molar-refractivity contribution >= 4 is 0 Å². The molecule has 2 rings (SSSR count). The van der Waals surface area contributed by atoms with Crippen molar-refractivity contribution in [2.45, 2.75) is 51.6 Å². The van der Waals surface area contributed by atoms with Crippen LogP contribution in [0.3, 0.4) is 0 Å². The van der Waals surface area contributed by atoms with Crippen molar-refractivity contribution in [3.63, 3.8) is 0 Å². The van der Waals surface area contributed by atoms with Gasteiger partial charge in [0.15, 0.2) is 11.5 Å². The van der Waals surface area contributed by atoms with Crippen LogP contribution in [-0.4, -0.2) is 20.3 Å². The van der Waals surface area contributed by atoms with Crippen LogP contribution >= 0.6 is 0 Å². The van der Waals surface area contributed by atoms with Gasteiger partial charge in [-0.05, 0) is 48.9 Å². The van der Waals surface area contributed by atoms with Crippen molar-refractivity contribution in [2.75, 3.05) is 14.2 Å². The first-order chi connectivity index (χ1) is 9.28. The van der Waals surface area contributed by atoms with E-state index in [1.807, 2.05) is 0 Å². The second kappa shape index (κ2) is 6.80. The van der Waals surface area contributed by atoms with Gasteiger partial charge in [-0.25, -0.2) is 0 Å². The molecule has 0 atom stereocenters. The summed E-state index contributed by atoms with van der Waals surface area (Å²) in [5.41, 5.74) is 2.73. The number of unbranched alkanes of at least 4 members (excludes halogenated alkanes) is 1. The summed E-state index contributed by atoms with van der Waals surface area (Å²) in [5.74, 6) is 1.67. The quantitative estimate of drug-likeness (QED) is 0.780. The summed E-state index contributed by atoms with van der Waals surface area (Å²) in [6.45, 7) is 3.16. The van der Waals surface area contributed by atoms with Gasteiger partial charge in [0.25, 0.3) is 0 Å². The Kier molecular flexibility index (Phi) is 5.08. The Labute approximate surface area is 116 Å². The molecule has 1 aromatic rings. The van der Waals surface area contributed by atoms with E-state index in [4.69, 9.17) is 9.47 Å². The number of nitrogens with one attached hydrogen (secondary N) is 1. The van der Waals surface area contributed by atoms with Gasteiger partial charge < -0.3 is 14.8 Å². The normalized spacial score (nSPS) is 14.5. The van der Waals surface area contributed by atoms with Crippen molar-refractivity contribution in [1.29, 1.82) is 0 Å². The highest BCUT2D eigenvalue weighted by molar-refractivity contribution is 5.47. The average molecular weight is 263 g/mol. The summed E-state index contributed by atoms with van der Waals surface area (Å²) in [6.07, 6.45) is 6.17. The Balaban J connectivity index is 2.18. The average Bonchev–Trinajstić information content (AvgIpc) is 3.26. The van der Waals surface area contributed by atoms with Crippen molar-refractivity contribution in [3.05, 3.63) is 23.3 Å². The second-order valence-corrected chi connectivity index (χ2v) is 5.23. The molecule has 0 saturated heterocycles. The van der Waals surface area contributed by atoms with Crippen LogP contribution in [0.4, 0.5) is 0 Å². The molecule has 0 amide bonds. The Hall–Kier alpha value is -1.22.